The smallest absolute Gasteiger partial charge is 0.105 e. The maximum atomic E-state index is 6.56. The molecule has 0 spiro atoms. The molecule has 1 nitrogen and oxygen atoms in total. The molecule has 2 aromatic rings. The van der Waals surface area contributed by atoms with Crippen LogP contribution in [0, 0.1) is 5.92 Å². The predicted molar refractivity (Wildman–Crippen MR) is 206 cm³/mol. The minimum atomic E-state index is -0.286. The third kappa shape index (κ3) is 11.2. The summed E-state index contributed by atoms with van der Waals surface area (Å²) in [5.74, 6) is 1.28. The average molecular weight is 613 g/mol. The van der Waals surface area contributed by atoms with Gasteiger partial charge in [-0.1, -0.05) is 131 Å². The van der Waals surface area contributed by atoms with E-state index in [9.17, 15) is 0 Å². The van der Waals surface area contributed by atoms with E-state index >= 15 is 0 Å². The molecule has 0 aromatic heterocycles. The number of ether oxygens (including phenoxy) is 1. The number of hydrogen-bond donors (Lipinski definition) is 0. The highest BCUT2D eigenvalue weighted by molar-refractivity contribution is 5.79. The average Bonchev–Trinajstić information content (AvgIpc) is 3.04. The van der Waals surface area contributed by atoms with Gasteiger partial charge in [-0.05, 0) is 135 Å². The molecule has 0 aliphatic carbocycles. The van der Waals surface area contributed by atoms with Crippen molar-refractivity contribution >= 4 is 16.7 Å². The first-order chi connectivity index (χ1) is 21.9. The summed E-state index contributed by atoms with van der Waals surface area (Å²) in [4.78, 5) is 0. The van der Waals surface area contributed by atoms with Crippen molar-refractivity contribution in [2.75, 3.05) is 0 Å². The van der Waals surface area contributed by atoms with Crippen molar-refractivity contribution in [3.63, 3.8) is 0 Å². The van der Waals surface area contributed by atoms with Crippen molar-refractivity contribution in [1.29, 1.82) is 0 Å². The Labute approximate surface area is 281 Å². The Kier molecular flexibility index (Phi) is 15.3. The summed E-state index contributed by atoms with van der Waals surface area (Å²) in [5.41, 5.74) is 10.4. The maximum Gasteiger partial charge on any atom is 0.105 e. The third-order valence-electron chi connectivity index (χ3n) is 8.43. The molecule has 0 aliphatic heterocycles. The lowest BCUT2D eigenvalue weighted by Crippen LogP contribution is -2.32. The standard InChI is InChI=1S/C45H56O/c1-13-21-36(9)45(11,12)46-37(10)32-44(31-33(6)40-23-19-18-20-24-40)35(8)30-43(22-14-2)34(7)29-39(17-5)42-27-25-41(26-28-42)38(15-3)16-4/h14-20,22-32,36H,3,6,8,13,21H2,1-2,4-5,7,9-12H3/b22-14-,34-29+,37-32+,38-16+,39-17+,43-30+,44-31+. The van der Waals surface area contributed by atoms with Crippen molar-refractivity contribution < 1.29 is 4.74 Å². The van der Waals surface area contributed by atoms with Gasteiger partial charge < -0.3 is 4.74 Å². The Bertz CT molecular complexity index is 1560. The zero-order chi connectivity index (χ0) is 34.3. The second-order valence-corrected chi connectivity index (χ2v) is 12.4. The lowest BCUT2D eigenvalue weighted by atomic mass is 9.88. The Morgan fingerprint density at radius 1 is 0.783 bits per heavy atom. The Morgan fingerprint density at radius 2 is 1.37 bits per heavy atom. The van der Waals surface area contributed by atoms with E-state index < -0.39 is 0 Å². The minimum absolute atomic E-state index is 0.286. The lowest BCUT2D eigenvalue weighted by Gasteiger charge is -2.33. The van der Waals surface area contributed by atoms with Crippen LogP contribution in [0.5, 0.6) is 0 Å². The summed E-state index contributed by atoms with van der Waals surface area (Å²) in [6.45, 7) is 32.1. The summed E-state index contributed by atoms with van der Waals surface area (Å²) in [6.07, 6.45) is 21.2. The van der Waals surface area contributed by atoms with Crippen LogP contribution in [0.25, 0.3) is 16.7 Å². The summed E-state index contributed by atoms with van der Waals surface area (Å²) in [6, 6.07) is 18.9. The molecule has 0 fully saturated rings. The van der Waals surface area contributed by atoms with Gasteiger partial charge in [-0.25, -0.2) is 0 Å². The third-order valence-corrected chi connectivity index (χ3v) is 8.43. The molecule has 1 atom stereocenters. The fourth-order valence-electron chi connectivity index (χ4n) is 5.35. The van der Waals surface area contributed by atoms with Gasteiger partial charge in [0.1, 0.15) is 5.60 Å². The van der Waals surface area contributed by atoms with E-state index in [1.807, 2.05) is 45.0 Å². The fraction of sp³-hybridized carbons (Fsp3) is 0.289. The normalized spacial score (nSPS) is 14.8. The number of hydrogen-bond acceptors (Lipinski definition) is 1. The van der Waals surface area contributed by atoms with Crippen LogP contribution in [-0.4, -0.2) is 5.60 Å². The Balaban J connectivity index is 2.55. The van der Waals surface area contributed by atoms with Crippen LogP contribution in [0.15, 0.2) is 157 Å². The number of benzene rings is 2. The second kappa shape index (κ2) is 18.6. The van der Waals surface area contributed by atoms with Crippen LogP contribution in [0.3, 0.4) is 0 Å². The van der Waals surface area contributed by atoms with Crippen LogP contribution in [0.1, 0.15) is 91.8 Å². The molecule has 0 heterocycles. The highest BCUT2D eigenvalue weighted by atomic mass is 16.5. The first-order valence-corrected chi connectivity index (χ1v) is 16.5. The first kappa shape index (κ1) is 37.8. The summed E-state index contributed by atoms with van der Waals surface area (Å²) < 4.78 is 6.56. The van der Waals surface area contributed by atoms with Gasteiger partial charge >= 0.3 is 0 Å². The number of rotatable bonds is 16. The van der Waals surface area contributed by atoms with E-state index in [2.05, 4.69) is 146 Å². The topological polar surface area (TPSA) is 9.23 Å². The molecule has 2 aromatic carbocycles. The summed E-state index contributed by atoms with van der Waals surface area (Å²) in [7, 11) is 0. The van der Waals surface area contributed by atoms with Gasteiger partial charge in [-0.3, -0.25) is 0 Å². The van der Waals surface area contributed by atoms with E-state index in [4.69, 9.17) is 4.74 Å². The molecule has 0 radical (unpaired) electrons. The van der Waals surface area contributed by atoms with Gasteiger partial charge in [-0.15, -0.1) is 0 Å². The fourth-order valence-corrected chi connectivity index (χ4v) is 5.35. The van der Waals surface area contributed by atoms with Gasteiger partial charge in [0.05, 0.1) is 5.76 Å². The van der Waals surface area contributed by atoms with Crippen LogP contribution in [0.2, 0.25) is 0 Å². The van der Waals surface area contributed by atoms with Gasteiger partial charge in [-0.2, -0.15) is 0 Å². The highest BCUT2D eigenvalue weighted by Crippen LogP contribution is 2.30. The van der Waals surface area contributed by atoms with Gasteiger partial charge in [0.15, 0.2) is 0 Å². The molecule has 0 N–H and O–H groups in total. The molecule has 1 heteroatoms. The summed E-state index contributed by atoms with van der Waals surface area (Å²) in [5, 5.41) is 0. The highest BCUT2D eigenvalue weighted by Gasteiger charge is 2.27. The monoisotopic (exact) mass is 612 g/mol. The molecule has 2 rings (SSSR count). The van der Waals surface area contributed by atoms with Crippen molar-refractivity contribution in [3.05, 3.63) is 174 Å². The van der Waals surface area contributed by atoms with Crippen molar-refractivity contribution in [2.24, 2.45) is 5.92 Å². The quantitative estimate of drug-likeness (QED) is 0.135. The lowest BCUT2D eigenvalue weighted by molar-refractivity contribution is -0.0131. The molecule has 0 aliphatic rings. The van der Waals surface area contributed by atoms with E-state index in [-0.39, 0.29) is 5.60 Å². The summed E-state index contributed by atoms with van der Waals surface area (Å²) >= 11 is 0. The SMILES string of the molecule is C=C/C(=C\C)c1ccc(C(/C=C(C)/C(/C=C\C)=C/C(=C)C(/C=C(\C)OC(C)(C)C(C)CCC)=C/C(=C)c2ccccc2)=C/C)cc1. The van der Waals surface area contributed by atoms with E-state index in [1.54, 1.807) is 0 Å². The molecule has 46 heavy (non-hydrogen) atoms. The van der Waals surface area contributed by atoms with Gasteiger partial charge in [0.2, 0.25) is 0 Å². The van der Waals surface area contributed by atoms with Crippen molar-refractivity contribution in [1.82, 2.24) is 0 Å². The molecule has 0 bridgehead atoms. The van der Waals surface area contributed by atoms with E-state index in [1.165, 1.54) is 5.56 Å². The predicted octanol–water partition coefficient (Wildman–Crippen LogP) is 13.5. The molecule has 0 amide bonds. The minimum Gasteiger partial charge on any atom is -0.492 e. The van der Waals surface area contributed by atoms with Crippen LogP contribution in [-0.2, 0) is 4.74 Å². The Hall–Kier alpha value is -4.36. The van der Waals surface area contributed by atoms with Gasteiger partial charge in [0.25, 0.3) is 0 Å². The molecule has 242 valence electrons. The number of allylic oxidation sites excluding steroid dienone is 17. The first-order valence-electron chi connectivity index (χ1n) is 16.5. The van der Waals surface area contributed by atoms with E-state index in [0.717, 1.165) is 68.7 Å². The van der Waals surface area contributed by atoms with Crippen LogP contribution < -0.4 is 0 Å². The largest absolute Gasteiger partial charge is 0.492 e. The molecule has 1 unspecified atom stereocenters. The molecule has 0 saturated carbocycles. The van der Waals surface area contributed by atoms with Crippen molar-refractivity contribution in [3.8, 4) is 0 Å². The van der Waals surface area contributed by atoms with E-state index in [0.29, 0.717) is 5.92 Å². The molecule has 0 saturated heterocycles. The van der Waals surface area contributed by atoms with Crippen LogP contribution in [0.4, 0.5) is 0 Å². The van der Waals surface area contributed by atoms with Gasteiger partial charge in [0, 0.05) is 0 Å². The van der Waals surface area contributed by atoms with Crippen LogP contribution >= 0.6 is 0 Å². The maximum absolute atomic E-state index is 6.56. The second-order valence-electron chi connectivity index (χ2n) is 12.4. The zero-order valence-electron chi connectivity index (χ0n) is 29.9. The van der Waals surface area contributed by atoms with Crippen molar-refractivity contribution in [2.45, 2.75) is 80.8 Å². The zero-order valence-corrected chi connectivity index (χ0v) is 29.9. The Morgan fingerprint density at radius 3 is 1.89 bits per heavy atom. The molecular formula is C45H56O. The molecular weight excluding hydrogens is 556 g/mol.